The molecule has 0 saturated carbocycles. The molecule has 3 N–H and O–H groups in total. The zero-order valence-corrected chi connectivity index (χ0v) is 22.8. The second-order valence-electron chi connectivity index (χ2n) is 11.2. The normalized spacial score (nSPS) is 24.1. The minimum absolute atomic E-state index is 0.0188. The Bertz CT molecular complexity index is 1220. The first-order valence-corrected chi connectivity index (χ1v) is 13.8. The summed E-state index contributed by atoms with van der Waals surface area (Å²) >= 11 is 6.06. The van der Waals surface area contributed by atoms with Gasteiger partial charge in [-0.1, -0.05) is 42.0 Å². The monoisotopic (exact) mass is 536 g/mol. The Labute approximate surface area is 229 Å². The van der Waals surface area contributed by atoms with E-state index in [2.05, 4.69) is 28.1 Å². The van der Waals surface area contributed by atoms with Crippen LogP contribution in [0, 0.1) is 5.92 Å². The summed E-state index contributed by atoms with van der Waals surface area (Å²) in [5, 5.41) is 32.0. The van der Waals surface area contributed by atoms with Crippen LogP contribution in [0.3, 0.4) is 0 Å². The number of rotatable bonds is 6. The van der Waals surface area contributed by atoms with Crippen molar-refractivity contribution in [3.05, 3.63) is 82.4 Å². The van der Waals surface area contributed by atoms with E-state index in [9.17, 15) is 15.3 Å². The number of aliphatic hydroxyl groups excluding tert-OH is 1. The highest BCUT2D eigenvalue weighted by atomic mass is 35.5. The van der Waals surface area contributed by atoms with E-state index in [0.29, 0.717) is 24.5 Å². The lowest BCUT2D eigenvalue weighted by Crippen LogP contribution is -2.49. The lowest BCUT2D eigenvalue weighted by Gasteiger charge is -2.43. The third kappa shape index (κ3) is 5.47. The number of dihydropyridines is 1. The Morgan fingerprint density at radius 3 is 2.58 bits per heavy atom. The number of allylic oxidation sites excluding steroid dienone is 1. The van der Waals surface area contributed by atoms with Gasteiger partial charge in [0.05, 0.1) is 11.6 Å². The Kier molecular flexibility index (Phi) is 7.81. The molecule has 2 aromatic rings. The first-order valence-electron chi connectivity index (χ1n) is 13.4. The molecule has 3 heterocycles. The van der Waals surface area contributed by atoms with Crippen LogP contribution < -0.4 is 4.74 Å². The van der Waals surface area contributed by atoms with Crippen LogP contribution in [0.5, 0.6) is 5.75 Å². The molecule has 0 radical (unpaired) electrons. The lowest BCUT2D eigenvalue weighted by molar-refractivity contribution is -0.117. The van der Waals surface area contributed by atoms with E-state index < -0.39 is 17.3 Å². The molecule has 0 aromatic heterocycles. The van der Waals surface area contributed by atoms with Crippen molar-refractivity contribution in [2.75, 3.05) is 26.2 Å². The molecular weight excluding hydrogens is 500 g/mol. The summed E-state index contributed by atoms with van der Waals surface area (Å²) in [7, 11) is 0. The Hall–Kier alpha value is -2.48. The number of hydrogen-bond acceptors (Lipinski definition) is 6. The van der Waals surface area contributed by atoms with Gasteiger partial charge in [-0.15, -0.1) is 0 Å². The molecule has 1 saturated heterocycles. The molecule has 202 valence electrons. The fraction of sp³-hybridized carbons (Fsp3) is 0.452. The maximum atomic E-state index is 10.7. The molecule has 0 amide bonds. The molecule has 0 aliphatic carbocycles. The molecule has 1 fully saturated rings. The first-order chi connectivity index (χ1) is 18.2. The zero-order valence-electron chi connectivity index (χ0n) is 22.1. The summed E-state index contributed by atoms with van der Waals surface area (Å²) in [4.78, 5) is 7.08. The third-order valence-corrected chi connectivity index (χ3v) is 8.59. The topological polar surface area (TPSA) is 85.5 Å². The Morgan fingerprint density at radius 2 is 1.89 bits per heavy atom. The lowest BCUT2D eigenvalue weighted by atomic mass is 9.72. The second-order valence-corrected chi connectivity index (χ2v) is 11.6. The van der Waals surface area contributed by atoms with Crippen LogP contribution in [0.1, 0.15) is 49.8 Å². The van der Waals surface area contributed by atoms with Gasteiger partial charge >= 0.3 is 0 Å². The number of likely N-dealkylation sites (tertiary alicyclic amines) is 1. The maximum Gasteiger partial charge on any atom is 0.161 e. The quantitative estimate of drug-likeness (QED) is 0.466. The van der Waals surface area contributed by atoms with Crippen molar-refractivity contribution in [1.82, 2.24) is 4.90 Å². The van der Waals surface area contributed by atoms with Gasteiger partial charge in [-0.2, -0.15) is 0 Å². The summed E-state index contributed by atoms with van der Waals surface area (Å²) < 4.78 is 6.17. The molecule has 2 aromatic carbocycles. The SMILES string of the molecule is CC(C)(O)c1ccc2c(c1)/C(=C/CCN1CCC(c3ccc(Cl)cc3)(C(O)O)CC1)C1C=CC=NC1CO2. The number of nitrogens with zero attached hydrogens (tertiary/aromatic N) is 2. The molecule has 3 aliphatic heterocycles. The van der Waals surface area contributed by atoms with Crippen molar-refractivity contribution in [2.45, 2.75) is 56.5 Å². The average molecular weight is 537 g/mol. The first kappa shape index (κ1) is 27.1. The number of aliphatic hydroxyl groups is 3. The number of halogens is 1. The van der Waals surface area contributed by atoms with Gasteiger partial charge in [0.2, 0.25) is 0 Å². The largest absolute Gasteiger partial charge is 0.491 e. The van der Waals surface area contributed by atoms with Gasteiger partial charge in [0.15, 0.2) is 6.29 Å². The van der Waals surface area contributed by atoms with Crippen molar-refractivity contribution in [3.63, 3.8) is 0 Å². The highest BCUT2D eigenvalue weighted by Crippen LogP contribution is 2.41. The molecule has 2 unspecified atom stereocenters. The number of fused-ring (bicyclic) bond motifs is 2. The summed E-state index contributed by atoms with van der Waals surface area (Å²) in [6.45, 7) is 6.54. The van der Waals surface area contributed by atoms with Crippen molar-refractivity contribution >= 4 is 23.4 Å². The molecule has 7 heteroatoms. The van der Waals surface area contributed by atoms with Gasteiger partial charge in [0.25, 0.3) is 0 Å². The highest BCUT2D eigenvalue weighted by molar-refractivity contribution is 6.30. The third-order valence-electron chi connectivity index (χ3n) is 8.33. The number of aliphatic imine (C=N–C) groups is 1. The Morgan fingerprint density at radius 1 is 1.16 bits per heavy atom. The summed E-state index contributed by atoms with van der Waals surface area (Å²) in [6.07, 6.45) is 9.09. The molecule has 0 spiro atoms. The van der Waals surface area contributed by atoms with E-state index in [-0.39, 0.29) is 12.0 Å². The number of piperidine rings is 1. The van der Waals surface area contributed by atoms with Gasteiger partial charge in [-0.3, -0.25) is 4.99 Å². The zero-order chi connectivity index (χ0) is 26.9. The van der Waals surface area contributed by atoms with Gasteiger partial charge in [0.1, 0.15) is 12.4 Å². The molecule has 2 atom stereocenters. The molecular formula is C31H37ClN2O4. The molecule has 3 aliphatic rings. The number of hydrogen-bond donors (Lipinski definition) is 3. The highest BCUT2D eigenvalue weighted by Gasteiger charge is 2.41. The van der Waals surface area contributed by atoms with Crippen molar-refractivity contribution < 1.29 is 20.1 Å². The van der Waals surface area contributed by atoms with Crippen molar-refractivity contribution in [3.8, 4) is 5.75 Å². The fourth-order valence-electron chi connectivity index (χ4n) is 5.93. The van der Waals surface area contributed by atoms with Gasteiger partial charge in [-0.05, 0) is 93.2 Å². The predicted octanol–water partition coefficient (Wildman–Crippen LogP) is 4.70. The number of benzene rings is 2. The van der Waals surface area contributed by atoms with Crippen molar-refractivity contribution in [1.29, 1.82) is 0 Å². The van der Waals surface area contributed by atoms with Crippen LogP contribution in [0.25, 0.3) is 5.57 Å². The van der Waals surface area contributed by atoms with Crippen LogP contribution >= 0.6 is 11.6 Å². The summed E-state index contributed by atoms with van der Waals surface area (Å²) in [6, 6.07) is 13.4. The van der Waals surface area contributed by atoms with Crippen molar-refractivity contribution in [2.24, 2.45) is 10.9 Å². The maximum absolute atomic E-state index is 10.7. The van der Waals surface area contributed by atoms with E-state index in [4.69, 9.17) is 16.3 Å². The molecule has 0 bridgehead atoms. The minimum Gasteiger partial charge on any atom is -0.491 e. The predicted molar refractivity (Wildman–Crippen MR) is 152 cm³/mol. The summed E-state index contributed by atoms with van der Waals surface area (Å²) in [5.41, 5.74) is 2.34. The smallest absolute Gasteiger partial charge is 0.161 e. The molecule has 38 heavy (non-hydrogen) atoms. The van der Waals surface area contributed by atoms with Gasteiger partial charge in [0, 0.05) is 34.7 Å². The number of ether oxygens (including phenoxy) is 1. The molecule has 6 nitrogen and oxygen atoms in total. The van der Waals surface area contributed by atoms with E-state index in [1.54, 1.807) is 13.8 Å². The van der Waals surface area contributed by atoms with Crippen LogP contribution in [-0.2, 0) is 11.0 Å². The van der Waals surface area contributed by atoms with E-state index in [0.717, 1.165) is 48.5 Å². The van der Waals surface area contributed by atoms with Crippen LogP contribution in [0.2, 0.25) is 5.02 Å². The van der Waals surface area contributed by atoms with Crippen LogP contribution in [0.4, 0.5) is 0 Å². The average Bonchev–Trinajstić information content (AvgIpc) is 3.06. The second kappa shape index (κ2) is 10.9. The van der Waals surface area contributed by atoms with E-state index in [1.807, 2.05) is 48.7 Å². The van der Waals surface area contributed by atoms with Gasteiger partial charge < -0.3 is 25.0 Å². The summed E-state index contributed by atoms with van der Waals surface area (Å²) in [5.74, 6) is 0.937. The van der Waals surface area contributed by atoms with Crippen LogP contribution in [0.15, 0.2) is 65.7 Å². The van der Waals surface area contributed by atoms with Crippen LogP contribution in [-0.4, -0.2) is 65.0 Å². The van der Waals surface area contributed by atoms with Gasteiger partial charge in [-0.25, -0.2) is 0 Å². The van der Waals surface area contributed by atoms with E-state index in [1.165, 1.54) is 5.57 Å². The Balaban J connectivity index is 1.34. The fourth-order valence-corrected chi connectivity index (χ4v) is 6.05. The standard InChI is InChI=1S/C31H37ClN2O4/c1-30(2,37)22-9-12-28-26(19-22)24(25-5-3-15-33-27(25)20-38-28)6-4-16-34-17-13-31(14-18-34,29(35)36)21-7-10-23(32)11-8-21/h3,5-12,15,19,25,27,29,35-37H,4,13-14,16-18,20H2,1-2H3/b24-6+. The molecule has 5 rings (SSSR count). The van der Waals surface area contributed by atoms with E-state index >= 15 is 0 Å². The minimum atomic E-state index is -1.42.